The van der Waals surface area contributed by atoms with Crippen LogP contribution in [0.1, 0.15) is 11.4 Å². The van der Waals surface area contributed by atoms with Gasteiger partial charge >= 0.3 is 6.18 Å². The normalized spacial score (nSPS) is 11.7. The van der Waals surface area contributed by atoms with Crippen LogP contribution in [0.3, 0.4) is 0 Å². The Hall–Kier alpha value is -1.26. The van der Waals surface area contributed by atoms with Crippen LogP contribution < -0.4 is 0 Å². The minimum Gasteiger partial charge on any atom is -0.506 e. The van der Waals surface area contributed by atoms with Gasteiger partial charge in [-0.25, -0.2) is 4.98 Å². The number of rotatable bonds is 0. The summed E-state index contributed by atoms with van der Waals surface area (Å²) in [4.78, 5) is 3.17. The lowest BCUT2D eigenvalue weighted by Gasteiger charge is -2.06. The van der Waals surface area contributed by atoms with E-state index in [2.05, 4.69) is 4.98 Å². The Morgan fingerprint density at radius 2 is 1.92 bits per heavy atom. The third-order valence-electron chi connectivity index (χ3n) is 1.35. The van der Waals surface area contributed by atoms with Crippen molar-refractivity contribution in [1.29, 1.82) is 0 Å². The van der Waals surface area contributed by atoms with Crippen molar-refractivity contribution < 1.29 is 18.3 Å². The maximum Gasteiger partial charge on any atom is 0.433 e. The lowest BCUT2D eigenvalue weighted by atomic mass is 10.3. The number of pyridine rings is 1. The highest BCUT2D eigenvalue weighted by Crippen LogP contribution is 2.29. The van der Waals surface area contributed by atoms with Crippen molar-refractivity contribution in [3.8, 4) is 5.75 Å². The number of hydrogen-bond donors (Lipinski definition) is 1. The standard InChI is InChI=1S/C7H6F3NO/c1-4-5(12)2-3-6(11-4)7(8,9)10/h2-3,12H,1H3. The molecule has 0 radical (unpaired) electrons. The van der Waals surface area contributed by atoms with Crippen molar-refractivity contribution in [2.24, 2.45) is 0 Å². The summed E-state index contributed by atoms with van der Waals surface area (Å²) in [6.07, 6.45) is -4.45. The molecule has 0 aromatic carbocycles. The van der Waals surface area contributed by atoms with Crippen LogP contribution in [0.5, 0.6) is 5.75 Å². The minimum atomic E-state index is -4.45. The van der Waals surface area contributed by atoms with E-state index in [1.54, 1.807) is 0 Å². The Bertz CT molecular complexity index is 295. The van der Waals surface area contributed by atoms with Crippen LogP contribution in [-0.4, -0.2) is 10.1 Å². The van der Waals surface area contributed by atoms with Gasteiger partial charge in [0.15, 0.2) is 0 Å². The van der Waals surface area contributed by atoms with Crippen molar-refractivity contribution in [2.75, 3.05) is 0 Å². The van der Waals surface area contributed by atoms with Crippen molar-refractivity contribution in [2.45, 2.75) is 13.1 Å². The second kappa shape index (κ2) is 2.66. The lowest BCUT2D eigenvalue weighted by molar-refractivity contribution is -0.141. The van der Waals surface area contributed by atoms with Gasteiger partial charge in [-0.3, -0.25) is 0 Å². The number of hydrogen-bond acceptors (Lipinski definition) is 2. The average Bonchev–Trinajstić information content (AvgIpc) is 1.92. The Labute approximate surface area is 66.7 Å². The summed E-state index contributed by atoms with van der Waals surface area (Å²) in [5, 5.41) is 8.88. The van der Waals surface area contributed by atoms with E-state index in [1.165, 1.54) is 6.92 Å². The van der Waals surface area contributed by atoms with E-state index in [0.29, 0.717) is 0 Å². The highest BCUT2D eigenvalue weighted by atomic mass is 19.4. The number of aromatic nitrogens is 1. The highest BCUT2D eigenvalue weighted by Gasteiger charge is 2.32. The van der Waals surface area contributed by atoms with Crippen molar-refractivity contribution >= 4 is 0 Å². The van der Waals surface area contributed by atoms with E-state index in [4.69, 9.17) is 5.11 Å². The van der Waals surface area contributed by atoms with Crippen molar-refractivity contribution in [3.05, 3.63) is 23.5 Å². The fourth-order valence-corrected chi connectivity index (χ4v) is 0.712. The molecule has 1 rings (SSSR count). The minimum absolute atomic E-state index is 0.0233. The van der Waals surface area contributed by atoms with Gasteiger partial charge < -0.3 is 5.11 Å². The van der Waals surface area contributed by atoms with Gasteiger partial charge in [0, 0.05) is 0 Å². The van der Waals surface area contributed by atoms with Gasteiger partial charge in [-0.2, -0.15) is 13.2 Å². The van der Waals surface area contributed by atoms with Crippen LogP contribution >= 0.6 is 0 Å². The molecular formula is C7H6F3NO. The van der Waals surface area contributed by atoms with E-state index >= 15 is 0 Å². The monoisotopic (exact) mass is 177 g/mol. The molecule has 0 saturated heterocycles. The molecule has 12 heavy (non-hydrogen) atoms. The van der Waals surface area contributed by atoms with Gasteiger partial charge in [-0.05, 0) is 19.1 Å². The lowest BCUT2D eigenvalue weighted by Crippen LogP contribution is -2.08. The first-order valence-electron chi connectivity index (χ1n) is 3.15. The van der Waals surface area contributed by atoms with Gasteiger partial charge in [0.25, 0.3) is 0 Å². The first-order valence-corrected chi connectivity index (χ1v) is 3.15. The molecule has 0 spiro atoms. The summed E-state index contributed by atoms with van der Waals surface area (Å²) < 4.78 is 35.9. The van der Waals surface area contributed by atoms with Gasteiger partial charge in [0.1, 0.15) is 11.4 Å². The molecule has 0 aliphatic rings. The van der Waals surface area contributed by atoms with E-state index in [0.717, 1.165) is 12.1 Å². The summed E-state index contributed by atoms with van der Waals surface area (Å²) >= 11 is 0. The molecule has 2 nitrogen and oxygen atoms in total. The van der Waals surface area contributed by atoms with E-state index < -0.39 is 11.9 Å². The van der Waals surface area contributed by atoms with E-state index in [9.17, 15) is 13.2 Å². The first kappa shape index (κ1) is 8.83. The average molecular weight is 177 g/mol. The number of nitrogens with zero attached hydrogens (tertiary/aromatic N) is 1. The molecule has 0 aliphatic carbocycles. The molecule has 5 heteroatoms. The molecule has 0 aliphatic heterocycles. The van der Waals surface area contributed by atoms with Crippen LogP contribution in [-0.2, 0) is 6.18 Å². The fraction of sp³-hybridized carbons (Fsp3) is 0.286. The molecule has 0 amide bonds. The predicted octanol–water partition coefficient (Wildman–Crippen LogP) is 2.11. The molecule has 1 heterocycles. The zero-order chi connectivity index (χ0) is 9.35. The summed E-state index contributed by atoms with van der Waals surface area (Å²) in [7, 11) is 0. The number of aromatic hydroxyl groups is 1. The second-order valence-electron chi connectivity index (χ2n) is 2.30. The zero-order valence-electron chi connectivity index (χ0n) is 6.18. The van der Waals surface area contributed by atoms with Crippen LogP contribution in [0, 0.1) is 6.92 Å². The molecule has 0 atom stereocenters. The molecule has 1 aromatic rings. The van der Waals surface area contributed by atoms with Crippen LogP contribution in [0.4, 0.5) is 13.2 Å². The van der Waals surface area contributed by atoms with Crippen LogP contribution in [0.25, 0.3) is 0 Å². The molecule has 1 aromatic heterocycles. The van der Waals surface area contributed by atoms with Crippen LogP contribution in [0.15, 0.2) is 12.1 Å². The van der Waals surface area contributed by atoms with Gasteiger partial charge in [0.05, 0.1) is 5.69 Å². The van der Waals surface area contributed by atoms with E-state index in [-0.39, 0.29) is 11.4 Å². The topological polar surface area (TPSA) is 33.1 Å². The Balaban J connectivity index is 3.14. The summed E-state index contributed by atoms with van der Waals surface area (Å²) in [6.45, 7) is 1.31. The predicted molar refractivity (Wildman–Crippen MR) is 35.6 cm³/mol. The summed E-state index contributed by atoms with van der Waals surface area (Å²) in [5.74, 6) is -0.233. The molecular weight excluding hydrogens is 171 g/mol. The molecule has 66 valence electrons. The maximum atomic E-state index is 12.0. The number of aryl methyl sites for hydroxylation is 1. The summed E-state index contributed by atoms with van der Waals surface area (Å²) in [5.41, 5.74) is -1.01. The quantitative estimate of drug-likeness (QED) is 0.658. The van der Waals surface area contributed by atoms with Gasteiger partial charge in [0.2, 0.25) is 0 Å². The Kier molecular flexibility index (Phi) is 1.95. The molecule has 0 bridgehead atoms. The smallest absolute Gasteiger partial charge is 0.433 e. The molecule has 0 unspecified atom stereocenters. The SMILES string of the molecule is Cc1nc(C(F)(F)F)ccc1O. The largest absolute Gasteiger partial charge is 0.506 e. The number of alkyl halides is 3. The zero-order valence-corrected chi connectivity index (χ0v) is 6.18. The van der Waals surface area contributed by atoms with Crippen LogP contribution in [0.2, 0.25) is 0 Å². The fourth-order valence-electron chi connectivity index (χ4n) is 0.712. The maximum absolute atomic E-state index is 12.0. The molecule has 1 N–H and O–H groups in total. The number of halogens is 3. The molecule has 0 fully saturated rings. The van der Waals surface area contributed by atoms with E-state index in [1.807, 2.05) is 0 Å². The van der Waals surface area contributed by atoms with Gasteiger partial charge in [-0.1, -0.05) is 0 Å². The first-order chi connectivity index (χ1) is 5.41. The Morgan fingerprint density at radius 3 is 2.33 bits per heavy atom. The molecule has 0 saturated carbocycles. The van der Waals surface area contributed by atoms with Crippen molar-refractivity contribution in [3.63, 3.8) is 0 Å². The third-order valence-corrected chi connectivity index (χ3v) is 1.35. The van der Waals surface area contributed by atoms with Gasteiger partial charge in [-0.15, -0.1) is 0 Å². The van der Waals surface area contributed by atoms with Crippen molar-refractivity contribution in [1.82, 2.24) is 4.98 Å². The summed E-state index contributed by atoms with van der Waals surface area (Å²) in [6, 6.07) is 1.72. The highest BCUT2D eigenvalue weighted by molar-refractivity contribution is 5.27. The second-order valence-corrected chi connectivity index (χ2v) is 2.30. The Morgan fingerprint density at radius 1 is 1.33 bits per heavy atom. The third kappa shape index (κ3) is 1.66.